The van der Waals surface area contributed by atoms with Gasteiger partial charge in [-0.1, -0.05) is 24.3 Å². The number of rotatable bonds is 9. The Morgan fingerprint density at radius 3 is 2.08 bits per heavy atom. The second-order valence-corrected chi connectivity index (χ2v) is 10.1. The van der Waals surface area contributed by atoms with E-state index in [9.17, 15) is 13.9 Å². The quantitative estimate of drug-likeness (QED) is 0.307. The minimum absolute atomic E-state index is 0.101. The highest BCUT2D eigenvalue weighted by Gasteiger charge is 2.28. The Morgan fingerprint density at radius 1 is 0.923 bits per heavy atom. The molecule has 0 amide bonds. The summed E-state index contributed by atoms with van der Waals surface area (Å²) in [6.45, 7) is 6.58. The van der Waals surface area contributed by atoms with Gasteiger partial charge >= 0.3 is 0 Å². The van der Waals surface area contributed by atoms with Gasteiger partial charge in [0.1, 0.15) is 29.3 Å². The van der Waals surface area contributed by atoms with E-state index >= 15 is 0 Å². The third kappa shape index (κ3) is 5.19. The molecule has 0 saturated carbocycles. The highest BCUT2D eigenvalue weighted by atomic mass is 19.1. The van der Waals surface area contributed by atoms with Crippen LogP contribution in [0.3, 0.4) is 0 Å². The monoisotopic (exact) mass is 534 g/mol. The van der Waals surface area contributed by atoms with E-state index in [-0.39, 0.29) is 23.7 Å². The molecule has 204 valence electrons. The van der Waals surface area contributed by atoms with E-state index in [4.69, 9.17) is 9.97 Å². The number of aliphatic hydroxyl groups excluding tert-OH is 1. The molecule has 0 aliphatic heterocycles. The van der Waals surface area contributed by atoms with Crippen molar-refractivity contribution in [2.24, 2.45) is 7.05 Å². The molecule has 2 unspecified atom stereocenters. The summed E-state index contributed by atoms with van der Waals surface area (Å²) in [6, 6.07) is 12.1. The van der Waals surface area contributed by atoms with Gasteiger partial charge in [0.2, 0.25) is 0 Å². The first kappa shape index (κ1) is 26.6. The number of imidazole rings is 1. The molecule has 11 heteroatoms. The standard InChI is InChI=1S/C28H32F2N8O/c1-17(35(4)26-24-27(36(5)19(3)32-24)38-16-31-34-28(38)33-26)14-37(15-18(2)39)25(20-6-10-22(29)11-7-20)21-8-12-23(30)13-9-21/h6-13,16-18,25,39H,14-15H2,1-5H3. The molecule has 0 bridgehead atoms. The molecule has 2 aromatic carbocycles. The van der Waals surface area contributed by atoms with E-state index in [1.807, 2.05) is 34.9 Å². The molecule has 0 radical (unpaired) electrons. The fourth-order valence-corrected chi connectivity index (χ4v) is 5.07. The van der Waals surface area contributed by atoms with Crippen LogP contribution >= 0.6 is 0 Å². The molecule has 0 aliphatic rings. The first-order chi connectivity index (χ1) is 18.6. The van der Waals surface area contributed by atoms with Crippen LogP contribution in [0, 0.1) is 18.6 Å². The van der Waals surface area contributed by atoms with Crippen molar-refractivity contribution in [2.45, 2.75) is 39.0 Å². The van der Waals surface area contributed by atoms with Crippen molar-refractivity contribution in [2.75, 3.05) is 25.0 Å². The highest BCUT2D eigenvalue weighted by molar-refractivity contribution is 5.86. The first-order valence-electron chi connectivity index (χ1n) is 12.8. The van der Waals surface area contributed by atoms with Gasteiger partial charge in [0.15, 0.2) is 11.5 Å². The van der Waals surface area contributed by atoms with Crippen molar-refractivity contribution in [1.82, 2.24) is 34.0 Å². The molecule has 1 N–H and O–H groups in total. The zero-order valence-electron chi connectivity index (χ0n) is 22.6. The first-order valence-corrected chi connectivity index (χ1v) is 12.8. The number of likely N-dealkylation sites (N-methyl/N-ethyl adjacent to an activating group) is 1. The maximum absolute atomic E-state index is 13.8. The third-order valence-electron chi connectivity index (χ3n) is 7.19. The highest BCUT2D eigenvalue weighted by Crippen LogP contribution is 2.31. The number of fused-ring (bicyclic) bond motifs is 3. The fourth-order valence-electron chi connectivity index (χ4n) is 5.07. The van der Waals surface area contributed by atoms with Gasteiger partial charge in [0.05, 0.1) is 12.1 Å². The summed E-state index contributed by atoms with van der Waals surface area (Å²) < 4.78 is 31.5. The molecule has 5 rings (SSSR count). The molecule has 0 spiro atoms. The minimum atomic E-state index is -0.637. The van der Waals surface area contributed by atoms with Gasteiger partial charge in [0.25, 0.3) is 5.78 Å². The molecule has 0 fully saturated rings. The minimum Gasteiger partial charge on any atom is -0.392 e. The lowest BCUT2D eigenvalue weighted by Gasteiger charge is -2.38. The van der Waals surface area contributed by atoms with Crippen molar-refractivity contribution < 1.29 is 13.9 Å². The van der Waals surface area contributed by atoms with Gasteiger partial charge in [-0.05, 0) is 56.2 Å². The Kier molecular flexibility index (Phi) is 7.28. The Morgan fingerprint density at radius 2 is 1.51 bits per heavy atom. The number of aromatic nitrogens is 6. The van der Waals surface area contributed by atoms with Crippen LogP contribution in [-0.4, -0.2) is 71.4 Å². The van der Waals surface area contributed by atoms with Gasteiger partial charge < -0.3 is 14.6 Å². The van der Waals surface area contributed by atoms with Crippen molar-refractivity contribution in [3.63, 3.8) is 0 Å². The molecule has 2 atom stereocenters. The summed E-state index contributed by atoms with van der Waals surface area (Å²) in [5.41, 5.74) is 3.24. The summed E-state index contributed by atoms with van der Waals surface area (Å²) in [4.78, 5) is 13.7. The predicted octanol–water partition coefficient (Wildman–Crippen LogP) is 3.89. The molecule has 3 heterocycles. The van der Waals surface area contributed by atoms with E-state index in [0.717, 1.165) is 28.1 Å². The molecule has 3 aromatic heterocycles. The molecular weight excluding hydrogens is 502 g/mol. The van der Waals surface area contributed by atoms with Crippen LogP contribution in [0.15, 0.2) is 54.9 Å². The van der Waals surface area contributed by atoms with Crippen LogP contribution in [0.4, 0.5) is 14.6 Å². The van der Waals surface area contributed by atoms with Crippen molar-refractivity contribution in [3.05, 3.63) is 83.4 Å². The topological polar surface area (TPSA) is 87.6 Å². The lowest BCUT2D eigenvalue weighted by atomic mass is 9.96. The number of halogens is 2. The summed E-state index contributed by atoms with van der Waals surface area (Å²) in [7, 11) is 3.90. The summed E-state index contributed by atoms with van der Waals surface area (Å²) >= 11 is 0. The van der Waals surface area contributed by atoms with Crippen LogP contribution in [-0.2, 0) is 7.05 Å². The van der Waals surface area contributed by atoms with Gasteiger partial charge in [-0.15, -0.1) is 10.2 Å². The number of benzene rings is 2. The maximum atomic E-state index is 13.8. The van der Waals surface area contributed by atoms with Gasteiger partial charge in [-0.25, -0.2) is 18.2 Å². The van der Waals surface area contributed by atoms with E-state index in [2.05, 4.69) is 22.0 Å². The Balaban J connectivity index is 1.54. The second-order valence-electron chi connectivity index (χ2n) is 10.1. The van der Waals surface area contributed by atoms with Crippen molar-refractivity contribution in [1.29, 1.82) is 0 Å². The zero-order chi connectivity index (χ0) is 27.8. The smallest absolute Gasteiger partial charge is 0.258 e. The van der Waals surface area contributed by atoms with Crippen LogP contribution in [0.2, 0.25) is 0 Å². The van der Waals surface area contributed by atoms with Gasteiger partial charge in [-0.2, -0.15) is 4.98 Å². The average Bonchev–Trinajstić information content (AvgIpc) is 3.48. The number of nitrogens with zero attached hydrogens (tertiary/aromatic N) is 8. The molecule has 5 aromatic rings. The number of aliphatic hydroxyl groups is 1. The fraction of sp³-hybridized carbons (Fsp3) is 0.357. The normalized spacial score (nSPS) is 13.6. The number of anilines is 1. The summed E-state index contributed by atoms with van der Waals surface area (Å²) in [5, 5.41) is 18.7. The third-order valence-corrected chi connectivity index (χ3v) is 7.19. The van der Waals surface area contributed by atoms with Crippen molar-refractivity contribution in [3.8, 4) is 0 Å². The Labute approximate surface area is 225 Å². The number of hydrogen-bond acceptors (Lipinski definition) is 7. The average molecular weight is 535 g/mol. The van der Waals surface area contributed by atoms with E-state index in [0.29, 0.717) is 24.7 Å². The summed E-state index contributed by atoms with van der Waals surface area (Å²) in [5.74, 6) is 1.29. The SMILES string of the molecule is Cc1nc2c(N(C)C(C)CN(CC(C)O)C(c3ccc(F)cc3)c3ccc(F)cc3)nc3nncn3c2n1C. The lowest BCUT2D eigenvalue weighted by Crippen LogP contribution is -2.45. The zero-order valence-corrected chi connectivity index (χ0v) is 22.6. The second kappa shape index (κ2) is 10.7. The molecule has 0 aliphatic carbocycles. The van der Waals surface area contributed by atoms with Crippen LogP contribution < -0.4 is 4.90 Å². The Bertz CT molecular complexity index is 1530. The van der Waals surface area contributed by atoms with Crippen molar-refractivity contribution >= 4 is 22.8 Å². The molecular formula is C28H32F2N8O. The van der Waals surface area contributed by atoms with E-state index in [1.54, 1.807) is 37.5 Å². The van der Waals surface area contributed by atoms with Gasteiger partial charge in [0, 0.05) is 33.2 Å². The summed E-state index contributed by atoms with van der Waals surface area (Å²) in [6.07, 6.45) is 0.987. The van der Waals surface area contributed by atoms with Crippen LogP contribution in [0.1, 0.15) is 36.8 Å². The van der Waals surface area contributed by atoms with Crippen LogP contribution in [0.25, 0.3) is 16.9 Å². The number of aryl methyl sites for hydroxylation is 2. The largest absolute Gasteiger partial charge is 0.392 e. The van der Waals surface area contributed by atoms with Crippen LogP contribution in [0.5, 0.6) is 0 Å². The lowest BCUT2D eigenvalue weighted by molar-refractivity contribution is 0.105. The van der Waals surface area contributed by atoms with Gasteiger partial charge in [-0.3, -0.25) is 4.90 Å². The predicted molar refractivity (Wildman–Crippen MR) is 146 cm³/mol. The molecule has 0 saturated heterocycles. The molecule has 9 nitrogen and oxygen atoms in total. The van der Waals surface area contributed by atoms with E-state index < -0.39 is 6.10 Å². The maximum Gasteiger partial charge on any atom is 0.258 e. The number of hydrogen-bond donors (Lipinski definition) is 1. The van der Waals surface area contributed by atoms with E-state index in [1.165, 1.54) is 24.3 Å². The molecule has 39 heavy (non-hydrogen) atoms. The Hall–Kier alpha value is -3.96.